The van der Waals surface area contributed by atoms with Crippen molar-refractivity contribution in [3.05, 3.63) is 0 Å². The first-order valence-corrected chi connectivity index (χ1v) is 10.2. The van der Waals surface area contributed by atoms with Gasteiger partial charge in [0.2, 0.25) is 0 Å². The maximum atomic E-state index is 9.27. The van der Waals surface area contributed by atoms with Crippen LogP contribution >= 0.6 is 0 Å². The zero-order valence-electron chi connectivity index (χ0n) is 15.8. The second-order valence-corrected chi connectivity index (χ2v) is 7.33. The number of aliphatic hydroxyl groups is 2. The lowest BCUT2D eigenvalue weighted by molar-refractivity contribution is 0.0972. The fraction of sp³-hybridized carbons (Fsp3) is 0.950. The van der Waals surface area contributed by atoms with Gasteiger partial charge in [0.05, 0.1) is 13.2 Å². The molecule has 0 aromatic heterocycles. The highest BCUT2D eigenvalue weighted by Crippen LogP contribution is 2.20. The molecule has 1 rings (SSSR count). The molecule has 0 radical (unpaired) electrons. The third kappa shape index (κ3) is 9.03. The number of aliphatic imine (C=N–C) groups is 1. The largest absolute Gasteiger partial charge is 0.478 e. The fourth-order valence-corrected chi connectivity index (χ4v) is 3.18. The molecule has 2 N–H and O–H groups in total. The van der Waals surface area contributed by atoms with E-state index in [0.717, 1.165) is 12.8 Å². The predicted molar refractivity (Wildman–Crippen MR) is 101 cm³/mol. The van der Waals surface area contributed by atoms with Gasteiger partial charge in [-0.05, 0) is 6.42 Å². The van der Waals surface area contributed by atoms with Crippen LogP contribution in [0.25, 0.3) is 0 Å². The molecule has 0 saturated heterocycles. The van der Waals surface area contributed by atoms with Gasteiger partial charge >= 0.3 is 0 Å². The molecule has 1 aliphatic heterocycles. The number of unbranched alkanes of at least 4 members (excludes halogenated alkanes) is 12. The first-order valence-electron chi connectivity index (χ1n) is 10.2. The van der Waals surface area contributed by atoms with E-state index < -0.39 is 5.54 Å². The number of hydrogen-bond acceptors (Lipinski definition) is 4. The molecule has 0 aromatic rings. The molecule has 1 aliphatic rings. The number of ether oxygens (including phenoxy) is 1. The number of hydrogen-bond donors (Lipinski definition) is 2. The van der Waals surface area contributed by atoms with Crippen LogP contribution in [-0.2, 0) is 4.74 Å². The smallest absolute Gasteiger partial charge is 0.184 e. The molecule has 142 valence electrons. The lowest BCUT2D eigenvalue weighted by Crippen LogP contribution is -2.37. The van der Waals surface area contributed by atoms with E-state index >= 15 is 0 Å². The van der Waals surface area contributed by atoms with Crippen molar-refractivity contribution in [1.82, 2.24) is 0 Å². The van der Waals surface area contributed by atoms with Crippen molar-refractivity contribution in [2.75, 3.05) is 19.8 Å². The SMILES string of the molecule is CCCCCCCCCCCCCCCC1=NC(CO)(CO)CO1. The van der Waals surface area contributed by atoms with Crippen molar-refractivity contribution >= 4 is 5.90 Å². The second-order valence-electron chi connectivity index (χ2n) is 7.33. The Morgan fingerprint density at radius 2 is 1.25 bits per heavy atom. The highest BCUT2D eigenvalue weighted by atomic mass is 16.5. The Balaban J connectivity index is 1.86. The minimum Gasteiger partial charge on any atom is -0.478 e. The molecular weight excluding hydrogens is 302 g/mol. The van der Waals surface area contributed by atoms with Crippen LogP contribution in [0.1, 0.15) is 96.8 Å². The molecule has 0 aromatic carbocycles. The minimum atomic E-state index is -0.786. The molecular formula is C20H39NO3. The summed E-state index contributed by atoms with van der Waals surface area (Å²) in [5.41, 5.74) is -0.786. The topological polar surface area (TPSA) is 62.1 Å². The Labute approximate surface area is 148 Å². The zero-order valence-corrected chi connectivity index (χ0v) is 15.8. The third-order valence-electron chi connectivity index (χ3n) is 4.95. The van der Waals surface area contributed by atoms with Crippen molar-refractivity contribution in [1.29, 1.82) is 0 Å². The monoisotopic (exact) mass is 341 g/mol. The third-order valence-corrected chi connectivity index (χ3v) is 4.95. The van der Waals surface area contributed by atoms with E-state index in [1.165, 1.54) is 77.0 Å². The first kappa shape index (κ1) is 21.4. The first-order chi connectivity index (χ1) is 11.8. The average molecular weight is 342 g/mol. The minimum absolute atomic E-state index is 0.147. The number of aliphatic hydroxyl groups excluding tert-OH is 2. The quantitative estimate of drug-likeness (QED) is 0.403. The Kier molecular flexibility index (Phi) is 12.2. The van der Waals surface area contributed by atoms with Crippen LogP contribution in [0.5, 0.6) is 0 Å². The summed E-state index contributed by atoms with van der Waals surface area (Å²) < 4.78 is 5.49. The molecule has 0 fully saturated rings. The summed E-state index contributed by atoms with van der Waals surface area (Å²) in [6.45, 7) is 2.29. The van der Waals surface area contributed by atoms with Crippen molar-refractivity contribution in [3.63, 3.8) is 0 Å². The predicted octanol–water partition coefficient (Wildman–Crippen LogP) is 4.62. The van der Waals surface area contributed by atoms with Gasteiger partial charge in [0, 0.05) is 6.42 Å². The summed E-state index contributed by atoms with van der Waals surface area (Å²) in [4.78, 5) is 4.35. The van der Waals surface area contributed by atoms with Crippen LogP contribution in [0, 0.1) is 0 Å². The average Bonchev–Trinajstić information content (AvgIpc) is 3.03. The van der Waals surface area contributed by atoms with Crippen LogP contribution in [0.3, 0.4) is 0 Å². The lowest BCUT2D eigenvalue weighted by Gasteiger charge is -2.16. The summed E-state index contributed by atoms with van der Waals surface area (Å²) >= 11 is 0. The van der Waals surface area contributed by atoms with Crippen LogP contribution in [-0.4, -0.2) is 41.5 Å². The highest BCUT2D eigenvalue weighted by Gasteiger charge is 2.35. The maximum Gasteiger partial charge on any atom is 0.184 e. The van der Waals surface area contributed by atoms with Gasteiger partial charge in [0.1, 0.15) is 12.1 Å². The summed E-state index contributed by atoms with van der Waals surface area (Å²) in [5, 5.41) is 18.5. The Hall–Kier alpha value is -0.610. The van der Waals surface area contributed by atoms with E-state index in [9.17, 15) is 10.2 Å². The molecule has 0 amide bonds. The standard InChI is InChI=1S/C20H39NO3/c1-2-3-4-5-6-7-8-9-10-11-12-13-14-15-19-21-20(16-22,17-23)18-24-19/h22-23H,2-18H2,1H3. The highest BCUT2D eigenvalue weighted by molar-refractivity contribution is 5.78. The van der Waals surface area contributed by atoms with Crippen LogP contribution < -0.4 is 0 Å². The van der Waals surface area contributed by atoms with Crippen LogP contribution in [0.4, 0.5) is 0 Å². The van der Waals surface area contributed by atoms with E-state index in [-0.39, 0.29) is 13.2 Å². The second kappa shape index (κ2) is 13.7. The molecule has 0 spiro atoms. The molecule has 0 bridgehead atoms. The van der Waals surface area contributed by atoms with Gasteiger partial charge in [0.25, 0.3) is 0 Å². The van der Waals surface area contributed by atoms with Crippen molar-refractivity contribution in [2.24, 2.45) is 4.99 Å². The molecule has 0 unspecified atom stereocenters. The molecule has 0 saturated carbocycles. The molecule has 4 nitrogen and oxygen atoms in total. The van der Waals surface area contributed by atoms with E-state index in [1.54, 1.807) is 0 Å². The van der Waals surface area contributed by atoms with Crippen LogP contribution in [0.15, 0.2) is 4.99 Å². The van der Waals surface area contributed by atoms with Crippen LogP contribution in [0.2, 0.25) is 0 Å². The van der Waals surface area contributed by atoms with Gasteiger partial charge in [-0.15, -0.1) is 0 Å². The van der Waals surface area contributed by atoms with Gasteiger partial charge in [-0.2, -0.15) is 0 Å². The van der Waals surface area contributed by atoms with Crippen molar-refractivity contribution < 1.29 is 14.9 Å². The fourth-order valence-electron chi connectivity index (χ4n) is 3.18. The van der Waals surface area contributed by atoms with E-state index in [0.29, 0.717) is 12.5 Å². The van der Waals surface area contributed by atoms with E-state index in [2.05, 4.69) is 11.9 Å². The Morgan fingerprint density at radius 1 is 0.792 bits per heavy atom. The summed E-state index contributed by atoms with van der Waals surface area (Å²) in [7, 11) is 0. The normalized spacial score (nSPS) is 16.2. The van der Waals surface area contributed by atoms with Gasteiger partial charge < -0.3 is 14.9 Å². The number of rotatable bonds is 16. The summed E-state index contributed by atoms with van der Waals surface area (Å²) in [5.74, 6) is 0.709. The van der Waals surface area contributed by atoms with Gasteiger partial charge in [-0.1, -0.05) is 84.0 Å². The zero-order chi connectivity index (χ0) is 17.5. The number of nitrogens with zero attached hydrogens (tertiary/aromatic N) is 1. The Morgan fingerprint density at radius 3 is 1.67 bits per heavy atom. The Bertz CT molecular complexity index is 327. The molecule has 24 heavy (non-hydrogen) atoms. The van der Waals surface area contributed by atoms with Gasteiger partial charge in [0.15, 0.2) is 5.90 Å². The summed E-state index contributed by atoms with van der Waals surface area (Å²) in [6, 6.07) is 0. The van der Waals surface area contributed by atoms with E-state index in [1.807, 2.05) is 0 Å². The van der Waals surface area contributed by atoms with E-state index in [4.69, 9.17) is 4.74 Å². The lowest BCUT2D eigenvalue weighted by atomic mass is 10.0. The van der Waals surface area contributed by atoms with Gasteiger partial charge in [-0.25, -0.2) is 4.99 Å². The maximum absolute atomic E-state index is 9.27. The van der Waals surface area contributed by atoms with Crippen molar-refractivity contribution in [3.8, 4) is 0 Å². The molecule has 0 aliphatic carbocycles. The summed E-state index contributed by atoms with van der Waals surface area (Å²) in [6.07, 6.45) is 18.3. The molecule has 1 heterocycles. The van der Waals surface area contributed by atoms with Crippen molar-refractivity contribution in [2.45, 2.75) is 102 Å². The molecule has 0 atom stereocenters. The molecule has 4 heteroatoms. The van der Waals surface area contributed by atoms with Gasteiger partial charge in [-0.3, -0.25) is 0 Å².